The average molecular weight is 386 g/mol. The minimum Gasteiger partial charge on any atom is -0.493 e. The fraction of sp³-hybridized carbons (Fsp3) is 0.450. The lowest BCUT2D eigenvalue weighted by Crippen LogP contribution is -2.41. The number of benzene rings is 1. The molecule has 1 saturated heterocycles. The van der Waals surface area contributed by atoms with Gasteiger partial charge in [-0.1, -0.05) is 0 Å². The van der Waals surface area contributed by atoms with Gasteiger partial charge in [-0.25, -0.2) is 9.97 Å². The van der Waals surface area contributed by atoms with Gasteiger partial charge in [-0.15, -0.1) is 0 Å². The first-order chi connectivity index (χ1) is 13.7. The number of amides is 1. The lowest BCUT2D eigenvalue weighted by atomic mass is 9.96. The van der Waals surface area contributed by atoms with Gasteiger partial charge < -0.3 is 24.4 Å². The summed E-state index contributed by atoms with van der Waals surface area (Å²) < 4.78 is 16.1. The van der Waals surface area contributed by atoms with Gasteiger partial charge >= 0.3 is 0 Å². The zero-order chi connectivity index (χ0) is 19.9. The molecule has 0 aliphatic carbocycles. The predicted molar refractivity (Wildman–Crippen MR) is 105 cm³/mol. The van der Waals surface area contributed by atoms with E-state index in [1.807, 2.05) is 12.1 Å². The normalized spacial score (nSPS) is 14.5. The van der Waals surface area contributed by atoms with E-state index in [9.17, 15) is 4.79 Å². The number of carbonyl (C=O) groups excluding carboxylic acids is 1. The van der Waals surface area contributed by atoms with E-state index in [-0.39, 0.29) is 11.8 Å². The topological polar surface area (TPSA) is 85.8 Å². The second-order valence-corrected chi connectivity index (χ2v) is 6.56. The molecule has 8 nitrogen and oxygen atoms in total. The van der Waals surface area contributed by atoms with E-state index in [0.717, 1.165) is 37.4 Å². The molecule has 0 saturated carbocycles. The molecule has 0 bridgehead atoms. The Hall–Kier alpha value is -3.03. The van der Waals surface area contributed by atoms with E-state index < -0.39 is 0 Å². The summed E-state index contributed by atoms with van der Waals surface area (Å²) in [5.74, 6) is 2.45. The molecule has 1 N–H and O–H groups in total. The number of piperidine rings is 1. The fourth-order valence-electron chi connectivity index (χ4n) is 3.37. The van der Waals surface area contributed by atoms with Crippen molar-refractivity contribution in [2.75, 3.05) is 39.3 Å². The summed E-state index contributed by atoms with van der Waals surface area (Å²) >= 11 is 0. The zero-order valence-electron chi connectivity index (χ0n) is 16.5. The smallest absolute Gasteiger partial charge is 0.225 e. The molecule has 2 heterocycles. The molecule has 2 aromatic rings. The van der Waals surface area contributed by atoms with E-state index in [2.05, 4.69) is 20.2 Å². The van der Waals surface area contributed by atoms with Gasteiger partial charge in [0.2, 0.25) is 17.6 Å². The SMILES string of the molecule is COc1cc(CNC(=O)C2CCN(c3ncccn3)CC2)cc(OC)c1OC. The van der Waals surface area contributed by atoms with Crippen molar-refractivity contribution < 1.29 is 19.0 Å². The van der Waals surface area contributed by atoms with Crippen LogP contribution < -0.4 is 24.4 Å². The fourth-order valence-corrected chi connectivity index (χ4v) is 3.37. The maximum Gasteiger partial charge on any atom is 0.225 e. The Morgan fingerprint density at radius 2 is 1.68 bits per heavy atom. The Labute approximate surface area is 164 Å². The number of anilines is 1. The highest BCUT2D eigenvalue weighted by atomic mass is 16.5. The number of rotatable bonds is 7. The maximum atomic E-state index is 12.6. The minimum absolute atomic E-state index is 0.0120. The van der Waals surface area contributed by atoms with E-state index in [1.54, 1.807) is 39.8 Å². The lowest BCUT2D eigenvalue weighted by molar-refractivity contribution is -0.125. The van der Waals surface area contributed by atoms with Crippen LogP contribution >= 0.6 is 0 Å². The highest BCUT2D eigenvalue weighted by Gasteiger charge is 2.26. The van der Waals surface area contributed by atoms with Crippen molar-refractivity contribution in [3.8, 4) is 17.2 Å². The van der Waals surface area contributed by atoms with Crippen molar-refractivity contribution in [1.29, 1.82) is 0 Å². The number of hydrogen-bond acceptors (Lipinski definition) is 7. The molecule has 1 amide bonds. The third-order valence-electron chi connectivity index (χ3n) is 4.89. The van der Waals surface area contributed by atoms with Gasteiger partial charge in [-0.2, -0.15) is 0 Å². The average Bonchev–Trinajstić information content (AvgIpc) is 2.77. The van der Waals surface area contributed by atoms with Crippen LogP contribution in [0.1, 0.15) is 18.4 Å². The van der Waals surface area contributed by atoms with Gasteiger partial charge in [-0.3, -0.25) is 4.79 Å². The van der Waals surface area contributed by atoms with E-state index in [0.29, 0.717) is 23.8 Å². The number of methoxy groups -OCH3 is 3. The summed E-state index contributed by atoms with van der Waals surface area (Å²) in [5, 5.41) is 3.02. The molecule has 3 rings (SSSR count). The third kappa shape index (κ3) is 4.44. The van der Waals surface area contributed by atoms with Crippen molar-refractivity contribution >= 4 is 11.9 Å². The number of carbonyl (C=O) groups is 1. The number of nitrogens with one attached hydrogen (secondary N) is 1. The summed E-state index contributed by atoms with van der Waals surface area (Å²) in [5.41, 5.74) is 0.887. The van der Waals surface area contributed by atoms with E-state index in [1.165, 1.54) is 0 Å². The van der Waals surface area contributed by atoms with Crippen LogP contribution in [0.25, 0.3) is 0 Å². The number of ether oxygens (including phenoxy) is 3. The molecule has 1 aliphatic heterocycles. The van der Waals surface area contributed by atoms with Gasteiger partial charge in [0.25, 0.3) is 0 Å². The van der Waals surface area contributed by atoms with Gasteiger partial charge in [0, 0.05) is 37.9 Å². The van der Waals surface area contributed by atoms with Crippen LogP contribution in [-0.2, 0) is 11.3 Å². The summed E-state index contributed by atoms with van der Waals surface area (Å²) in [6.07, 6.45) is 5.02. The summed E-state index contributed by atoms with van der Waals surface area (Å²) in [7, 11) is 4.71. The standard InChI is InChI=1S/C20H26N4O4/c1-26-16-11-14(12-17(27-2)18(16)28-3)13-23-19(25)15-5-9-24(10-6-15)20-21-7-4-8-22-20/h4,7-8,11-12,15H,5-6,9-10,13H2,1-3H3,(H,23,25). The van der Waals surface area contributed by atoms with Crippen LogP contribution in [0.3, 0.4) is 0 Å². The van der Waals surface area contributed by atoms with Crippen LogP contribution in [0.2, 0.25) is 0 Å². The Balaban J connectivity index is 1.56. The van der Waals surface area contributed by atoms with Crippen LogP contribution in [0, 0.1) is 5.92 Å². The van der Waals surface area contributed by atoms with Gasteiger partial charge in [0.05, 0.1) is 21.3 Å². The summed E-state index contributed by atoms with van der Waals surface area (Å²) in [6.45, 7) is 1.94. The largest absolute Gasteiger partial charge is 0.493 e. The molecule has 1 aromatic carbocycles. The predicted octanol–water partition coefficient (Wildman–Crippen LogP) is 2.04. The number of aromatic nitrogens is 2. The van der Waals surface area contributed by atoms with Gasteiger partial charge in [0.1, 0.15) is 0 Å². The highest BCUT2D eigenvalue weighted by Crippen LogP contribution is 2.38. The molecule has 28 heavy (non-hydrogen) atoms. The molecule has 1 aliphatic rings. The first kappa shape index (κ1) is 19.7. The first-order valence-corrected chi connectivity index (χ1v) is 9.24. The zero-order valence-corrected chi connectivity index (χ0v) is 16.5. The van der Waals surface area contributed by atoms with Crippen molar-refractivity contribution in [3.63, 3.8) is 0 Å². The molecule has 150 valence electrons. The Kier molecular flexibility index (Phi) is 6.52. The van der Waals surface area contributed by atoms with Crippen molar-refractivity contribution in [1.82, 2.24) is 15.3 Å². The Morgan fingerprint density at radius 3 is 2.21 bits per heavy atom. The van der Waals surface area contributed by atoms with Gasteiger partial charge in [0.15, 0.2) is 11.5 Å². The highest BCUT2D eigenvalue weighted by molar-refractivity contribution is 5.79. The van der Waals surface area contributed by atoms with Crippen molar-refractivity contribution in [2.45, 2.75) is 19.4 Å². The second-order valence-electron chi connectivity index (χ2n) is 6.56. The number of nitrogens with zero attached hydrogens (tertiary/aromatic N) is 3. The van der Waals surface area contributed by atoms with Crippen LogP contribution in [0.5, 0.6) is 17.2 Å². The number of hydrogen-bond donors (Lipinski definition) is 1. The van der Waals surface area contributed by atoms with Crippen molar-refractivity contribution in [2.24, 2.45) is 5.92 Å². The lowest BCUT2D eigenvalue weighted by Gasteiger charge is -2.31. The molecule has 0 unspecified atom stereocenters. The third-order valence-corrected chi connectivity index (χ3v) is 4.89. The van der Waals surface area contributed by atoms with Gasteiger partial charge in [-0.05, 0) is 36.6 Å². The van der Waals surface area contributed by atoms with Crippen LogP contribution in [0.15, 0.2) is 30.6 Å². The minimum atomic E-state index is -0.0120. The van der Waals surface area contributed by atoms with Crippen LogP contribution in [-0.4, -0.2) is 50.3 Å². The molecule has 0 radical (unpaired) electrons. The Bertz CT molecular complexity index is 767. The molecule has 1 aromatic heterocycles. The quantitative estimate of drug-likeness (QED) is 0.779. The van der Waals surface area contributed by atoms with Crippen molar-refractivity contribution in [3.05, 3.63) is 36.2 Å². The Morgan fingerprint density at radius 1 is 1.07 bits per heavy atom. The van der Waals surface area contributed by atoms with Crippen LogP contribution in [0.4, 0.5) is 5.95 Å². The van der Waals surface area contributed by atoms with E-state index in [4.69, 9.17) is 14.2 Å². The second kappa shape index (κ2) is 9.25. The molecular formula is C20H26N4O4. The molecule has 0 atom stereocenters. The summed E-state index contributed by atoms with van der Waals surface area (Å²) in [6, 6.07) is 5.49. The molecule has 0 spiro atoms. The van der Waals surface area contributed by atoms with E-state index >= 15 is 0 Å². The monoisotopic (exact) mass is 386 g/mol. The summed E-state index contributed by atoms with van der Waals surface area (Å²) in [4.78, 5) is 23.3. The molecular weight excluding hydrogens is 360 g/mol. The molecule has 8 heteroatoms. The maximum absolute atomic E-state index is 12.6. The molecule has 1 fully saturated rings. The first-order valence-electron chi connectivity index (χ1n) is 9.24.